The molecule has 0 spiro atoms. The van der Waals surface area contributed by atoms with Crippen LogP contribution in [0.1, 0.15) is 43.2 Å². The summed E-state index contributed by atoms with van der Waals surface area (Å²) in [7, 11) is 1.56. The number of pyridine rings is 3. The highest BCUT2D eigenvalue weighted by Gasteiger charge is 2.49. The molecule has 8 nitrogen and oxygen atoms in total. The molecule has 0 atom stereocenters. The number of ether oxygens (including phenoxy) is 2. The molecule has 2 saturated heterocycles. The van der Waals surface area contributed by atoms with Crippen LogP contribution < -0.4 is 10.1 Å². The molecule has 0 aromatic carbocycles. The Morgan fingerprint density at radius 2 is 2.00 bits per heavy atom. The van der Waals surface area contributed by atoms with Gasteiger partial charge in [0.25, 0.3) is 0 Å². The van der Waals surface area contributed by atoms with Crippen LogP contribution in [0.3, 0.4) is 0 Å². The van der Waals surface area contributed by atoms with Gasteiger partial charge in [-0.25, -0.2) is 19.0 Å². The van der Waals surface area contributed by atoms with Crippen LogP contribution in [-0.2, 0) is 17.7 Å². The third kappa shape index (κ3) is 4.33. The normalized spacial score (nSPS) is 23.3. The minimum atomic E-state index is -0.325. The summed E-state index contributed by atoms with van der Waals surface area (Å²) < 4.78 is 28.3. The van der Waals surface area contributed by atoms with E-state index < -0.39 is 0 Å². The van der Waals surface area contributed by atoms with Crippen LogP contribution in [0.4, 0.5) is 4.39 Å². The number of fused-ring (bicyclic) bond motifs is 4. The first kappa shape index (κ1) is 23.0. The highest BCUT2D eigenvalue weighted by molar-refractivity contribution is 5.78. The second kappa shape index (κ2) is 9.22. The van der Waals surface area contributed by atoms with E-state index >= 15 is 0 Å². The number of aromatic nitrogens is 5. The van der Waals surface area contributed by atoms with Gasteiger partial charge in [0.15, 0.2) is 5.82 Å². The maximum Gasteiger partial charge on any atom is 0.213 e. The molecule has 0 unspecified atom stereocenters. The Kier molecular flexibility index (Phi) is 5.89. The zero-order valence-electron chi connectivity index (χ0n) is 20.3. The van der Waals surface area contributed by atoms with Crippen LogP contribution in [0, 0.1) is 5.82 Å². The number of aryl methyl sites for hydroxylation is 1. The van der Waals surface area contributed by atoms with Crippen molar-refractivity contribution in [1.29, 1.82) is 0 Å². The van der Waals surface area contributed by atoms with Gasteiger partial charge in [0.05, 0.1) is 42.7 Å². The molecule has 0 amide bonds. The molecule has 2 aliphatic heterocycles. The molecule has 9 heteroatoms. The quantitative estimate of drug-likeness (QED) is 0.398. The predicted octanol–water partition coefficient (Wildman–Crippen LogP) is 4.16. The second-order valence-corrected chi connectivity index (χ2v) is 9.89. The van der Waals surface area contributed by atoms with Gasteiger partial charge in [-0.05, 0) is 56.7 Å². The highest BCUT2D eigenvalue weighted by atomic mass is 19.1. The summed E-state index contributed by atoms with van der Waals surface area (Å²) in [6.07, 6.45) is 12.2. The summed E-state index contributed by atoms with van der Waals surface area (Å²) >= 11 is 0. The van der Waals surface area contributed by atoms with Crippen LogP contribution in [-0.4, -0.2) is 49.6 Å². The Morgan fingerprint density at radius 1 is 1.11 bits per heavy atom. The molecule has 3 aliphatic rings. The SMILES string of the molecule is COc1ccc2ncc(F)c(CCC34CCC(NCc5cnn(-c6ccccn6)c5)(CC3)CO4)c2n1. The summed E-state index contributed by atoms with van der Waals surface area (Å²) in [6.45, 7) is 1.39. The number of nitrogens with zero attached hydrogens (tertiary/aromatic N) is 5. The molecule has 6 heterocycles. The van der Waals surface area contributed by atoms with Crippen molar-refractivity contribution >= 4 is 11.0 Å². The van der Waals surface area contributed by atoms with Crippen LogP contribution in [0.5, 0.6) is 5.88 Å². The molecular formula is C27H29FN6O2. The Bertz CT molecular complexity index is 1350. The lowest BCUT2D eigenvalue weighted by Gasteiger charge is -2.53. The molecule has 3 fully saturated rings. The molecule has 1 N–H and O–H groups in total. The van der Waals surface area contributed by atoms with Gasteiger partial charge in [0.2, 0.25) is 5.88 Å². The van der Waals surface area contributed by atoms with Crippen molar-refractivity contribution in [3.63, 3.8) is 0 Å². The van der Waals surface area contributed by atoms with E-state index in [1.54, 1.807) is 24.1 Å². The largest absolute Gasteiger partial charge is 0.481 e. The average molecular weight is 489 g/mol. The van der Waals surface area contributed by atoms with Gasteiger partial charge in [-0.2, -0.15) is 5.10 Å². The van der Waals surface area contributed by atoms with Crippen LogP contribution in [0.25, 0.3) is 16.9 Å². The Hall–Kier alpha value is -3.43. The van der Waals surface area contributed by atoms with Crippen molar-refractivity contribution < 1.29 is 13.9 Å². The van der Waals surface area contributed by atoms with Crippen molar-refractivity contribution in [1.82, 2.24) is 30.0 Å². The lowest BCUT2D eigenvalue weighted by molar-refractivity contribution is -0.165. The van der Waals surface area contributed by atoms with Gasteiger partial charge in [-0.3, -0.25) is 4.98 Å². The molecular weight excluding hydrogens is 459 g/mol. The molecule has 0 radical (unpaired) electrons. The number of halogens is 1. The molecule has 1 aliphatic carbocycles. The molecule has 36 heavy (non-hydrogen) atoms. The third-order valence-electron chi connectivity index (χ3n) is 7.74. The first-order valence-corrected chi connectivity index (χ1v) is 12.4. The fraction of sp³-hybridized carbons (Fsp3) is 0.407. The number of rotatable bonds is 8. The first-order chi connectivity index (χ1) is 17.6. The Balaban J connectivity index is 1.09. The maximum atomic E-state index is 14.8. The van der Waals surface area contributed by atoms with Crippen LogP contribution in [0.15, 0.2) is 55.1 Å². The summed E-state index contributed by atoms with van der Waals surface area (Å²) in [4.78, 5) is 13.0. The van der Waals surface area contributed by atoms with Crippen molar-refractivity contribution in [2.75, 3.05) is 13.7 Å². The summed E-state index contributed by atoms with van der Waals surface area (Å²) in [5.41, 5.74) is 2.70. The highest BCUT2D eigenvalue weighted by Crippen LogP contribution is 2.46. The van der Waals surface area contributed by atoms with Gasteiger partial charge in [0.1, 0.15) is 5.82 Å². The monoisotopic (exact) mass is 488 g/mol. The number of methoxy groups -OCH3 is 1. The zero-order chi connectivity index (χ0) is 24.6. The van der Waals surface area contributed by atoms with Gasteiger partial charge < -0.3 is 14.8 Å². The average Bonchev–Trinajstić information content (AvgIpc) is 3.42. The molecule has 1 saturated carbocycles. The standard InChI is InChI=1S/C27H29FN6O2/c1-35-24-6-5-22-25(33-24)20(21(28)16-30-22)7-8-27-11-9-26(10-12-27,18-36-27)31-14-19-15-32-34(17-19)23-4-2-3-13-29-23/h2-6,13,15-17,31H,7-12,14,18H2,1H3. The number of hydrogen-bond donors (Lipinski definition) is 1. The molecule has 186 valence electrons. The minimum Gasteiger partial charge on any atom is -0.481 e. The van der Waals surface area contributed by atoms with E-state index in [-0.39, 0.29) is 17.0 Å². The van der Waals surface area contributed by atoms with Gasteiger partial charge >= 0.3 is 0 Å². The van der Waals surface area contributed by atoms with E-state index in [1.165, 1.54) is 6.20 Å². The Morgan fingerprint density at radius 3 is 2.75 bits per heavy atom. The fourth-order valence-corrected chi connectivity index (χ4v) is 5.45. The first-order valence-electron chi connectivity index (χ1n) is 12.4. The van der Waals surface area contributed by atoms with E-state index in [1.807, 2.05) is 36.7 Å². The fourth-order valence-electron chi connectivity index (χ4n) is 5.45. The minimum absolute atomic E-state index is 0.0294. The summed E-state index contributed by atoms with van der Waals surface area (Å²) in [5, 5.41) is 8.20. The molecule has 7 rings (SSSR count). The molecule has 2 bridgehead atoms. The van der Waals surface area contributed by atoms with E-state index in [2.05, 4.69) is 25.4 Å². The van der Waals surface area contributed by atoms with Crippen LogP contribution in [0.2, 0.25) is 0 Å². The van der Waals surface area contributed by atoms with Crippen molar-refractivity contribution in [2.45, 2.75) is 56.2 Å². The van der Waals surface area contributed by atoms with E-state index in [9.17, 15) is 4.39 Å². The van der Waals surface area contributed by atoms with Crippen molar-refractivity contribution in [2.24, 2.45) is 0 Å². The van der Waals surface area contributed by atoms with E-state index in [0.29, 0.717) is 35.5 Å². The zero-order valence-corrected chi connectivity index (χ0v) is 20.3. The summed E-state index contributed by atoms with van der Waals surface area (Å²) in [6, 6.07) is 9.35. The maximum absolute atomic E-state index is 14.8. The van der Waals surface area contributed by atoms with Crippen LogP contribution >= 0.6 is 0 Å². The smallest absolute Gasteiger partial charge is 0.213 e. The molecule has 4 aromatic rings. The third-order valence-corrected chi connectivity index (χ3v) is 7.74. The topological polar surface area (TPSA) is 87.0 Å². The van der Waals surface area contributed by atoms with Gasteiger partial charge in [-0.15, -0.1) is 0 Å². The summed E-state index contributed by atoms with van der Waals surface area (Å²) in [5.74, 6) is 0.938. The predicted molar refractivity (Wildman–Crippen MR) is 132 cm³/mol. The number of hydrogen-bond acceptors (Lipinski definition) is 7. The molecule has 4 aromatic heterocycles. The lowest BCUT2D eigenvalue weighted by Crippen LogP contribution is -2.61. The van der Waals surface area contributed by atoms with Crippen molar-refractivity contribution in [3.8, 4) is 11.7 Å². The Labute approximate surface area is 208 Å². The van der Waals surface area contributed by atoms with E-state index in [0.717, 1.165) is 50.0 Å². The van der Waals surface area contributed by atoms with Gasteiger partial charge in [-0.1, -0.05) is 6.07 Å². The van der Waals surface area contributed by atoms with Crippen molar-refractivity contribution in [3.05, 3.63) is 72.1 Å². The number of nitrogens with one attached hydrogen (secondary N) is 1. The van der Waals surface area contributed by atoms with Gasteiger partial charge in [0, 0.05) is 41.7 Å². The van der Waals surface area contributed by atoms with E-state index in [4.69, 9.17) is 9.47 Å². The lowest BCUT2D eigenvalue weighted by atomic mass is 9.69. The second-order valence-electron chi connectivity index (χ2n) is 9.89.